The number of fused-ring (bicyclic) bond motifs is 1. The van der Waals surface area contributed by atoms with Crippen LogP contribution in [-0.4, -0.2) is 28.3 Å². The third kappa shape index (κ3) is 2.06. The van der Waals surface area contributed by atoms with Gasteiger partial charge in [0.05, 0.1) is 0 Å². The number of benzene rings is 1. The van der Waals surface area contributed by atoms with Crippen LogP contribution in [0.4, 0.5) is 0 Å². The zero-order valence-corrected chi connectivity index (χ0v) is 11.2. The molecule has 92 valence electrons. The topological polar surface area (TPSA) is 32.7 Å². The molecule has 0 saturated carbocycles. The number of carbonyl (C=O) groups is 1. The molecule has 0 atom stereocenters. The summed E-state index contributed by atoms with van der Waals surface area (Å²) in [6.07, 6.45) is 2.78. The van der Waals surface area contributed by atoms with Gasteiger partial charge in [0, 0.05) is 17.3 Å². The lowest BCUT2D eigenvalue weighted by Crippen LogP contribution is -2.34. The van der Waals surface area contributed by atoms with Crippen LogP contribution in [0.5, 0.6) is 0 Å². The number of rotatable bonds is 1. The number of aliphatic imine (C=N–C) groups is 1. The molecule has 0 aromatic heterocycles. The van der Waals surface area contributed by atoms with E-state index in [9.17, 15) is 4.79 Å². The molecule has 3 nitrogen and oxygen atoms in total. The van der Waals surface area contributed by atoms with Crippen LogP contribution in [-0.2, 0) is 4.79 Å². The highest BCUT2D eigenvalue weighted by Gasteiger charge is 2.32. The molecule has 0 bridgehead atoms. The molecule has 2 heterocycles. The van der Waals surface area contributed by atoms with Crippen LogP contribution in [0.1, 0.15) is 12.0 Å². The van der Waals surface area contributed by atoms with Gasteiger partial charge in [-0.15, -0.1) is 0 Å². The average Bonchev–Trinajstić information content (AvgIpc) is 2.70. The Labute approximate surface area is 115 Å². The second-order valence-corrected chi connectivity index (χ2v) is 5.57. The second-order valence-electron chi connectivity index (χ2n) is 4.10. The molecule has 0 unspecified atom stereocenters. The number of carbonyl (C=O) groups excluding carboxylic acids is 1. The van der Waals surface area contributed by atoms with E-state index in [1.807, 2.05) is 24.3 Å². The smallest absolute Gasteiger partial charge is 0.278 e. The van der Waals surface area contributed by atoms with Gasteiger partial charge in [-0.1, -0.05) is 41.6 Å². The van der Waals surface area contributed by atoms with Crippen molar-refractivity contribution in [3.8, 4) is 0 Å². The molecular formula is C13H11ClN2OS. The summed E-state index contributed by atoms with van der Waals surface area (Å²) in [5.41, 5.74) is 1.31. The normalized spacial score (nSPS) is 21.2. The summed E-state index contributed by atoms with van der Waals surface area (Å²) < 4.78 is 0. The number of hydrogen-bond donors (Lipinski definition) is 0. The van der Waals surface area contributed by atoms with E-state index in [4.69, 9.17) is 11.6 Å². The number of amides is 1. The van der Waals surface area contributed by atoms with Gasteiger partial charge in [-0.25, -0.2) is 4.99 Å². The molecule has 1 aromatic carbocycles. The van der Waals surface area contributed by atoms with E-state index in [1.54, 1.807) is 22.7 Å². The molecular weight excluding hydrogens is 268 g/mol. The van der Waals surface area contributed by atoms with Gasteiger partial charge in [-0.2, -0.15) is 0 Å². The minimum Gasteiger partial charge on any atom is -0.286 e. The molecule has 18 heavy (non-hydrogen) atoms. The van der Waals surface area contributed by atoms with Crippen LogP contribution >= 0.6 is 23.4 Å². The maximum atomic E-state index is 12.1. The van der Waals surface area contributed by atoms with Crippen molar-refractivity contribution in [2.45, 2.75) is 6.42 Å². The first-order chi connectivity index (χ1) is 8.75. The van der Waals surface area contributed by atoms with Crippen molar-refractivity contribution < 1.29 is 4.79 Å². The van der Waals surface area contributed by atoms with E-state index in [-0.39, 0.29) is 5.91 Å². The number of amidine groups is 1. The molecule has 0 N–H and O–H groups in total. The van der Waals surface area contributed by atoms with Gasteiger partial charge in [-0.05, 0) is 24.1 Å². The first kappa shape index (κ1) is 11.8. The number of halogens is 1. The van der Waals surface area contributed by atoms with Crippen molar-refractivity contribution in [3.63, 3.8) is 0 Å². The fraction of sp³-hybridized carbons (Fsp3) is 0.231. The minimum atomic E-state index is -0.0166. The molecule has 2 aliphatic heterocycles. The van der Waals surface area contributed by atoms with Gasteiger partial charge in [0.15, 0.2) is 5.17 Å². The molecule has 0 spiro atoms. The summed E-state index contributed by atoms with van der Waals surface area (Å²) in [5.74, 6) is 1.01. The number of hydrogen-bond acceptors (Lipinski definition) is 3. The summed E-state index contributed by atoms with van der Waals surface area (Å²) in [6, 6.07) is 7.45. The van der Waals surface area contributed by atoms with E-state index in [0.717, 1.165) is 29.4 Å². The summed E-state index contributed by atoms with van der Waals surface area (Å²) >= 11 is 7.72. The molecule has 0 radical (unpaired) electrons. The first-order valence-electron chi connectivity index (χ1n) is 5.75. The second kappa shape index (κ2) is 4.78. The predicted molar refractivity (Wildman–Crippen MR) is 75.7 cm³/mol. The molecule has 1 fully saturated rings. The maximum Gasteiger partial charge on any atom is 0.278 e. The molecule has 1 amide bonds. The lowest BCUT2D eigenvalue weighted by atomic mass is 10.2. The van der Waals surface area contributed by atoms with Crippen LogP contribution in [0.2, 0.25) is 5.02 Å². The Morgan fingerprint density at radius 1 is 1.39 bits per heavy atom. The Morgan fingerprint density at radius 2 is 2.22 bits per heavy atom. The van der Waals surface area contributed by atoms with Gasteiger partial charge in [0.25, 0.3) is 5.91 Å². The van der Waals surface area contributed by atoms with Crippen molar-refractivity contribution >= 4 is 40.5 Å². The Balaban J connectivity index is 1.96. The van der Waals surface area contributed by atoms with Crippen LogP contribution < -0.4 is 0 Å². The maximum absolute atomic E-state index is 12.1. The summed E-state index contributed by atoms with van der Waals surface area (Å²) in [7, 11) is 0. The predicted octanol–water partition coefficient (Wildman–Crippen LogP) is 3.02. The highest BCUT2D eigenvalue weighted by atomic mass is 35.5. The van der Waals surface area contributed by atoms with Crippen molar-refractivity contribution in [1.82, 2.24) is 4.90 Å². The lowest BCUT2D eigenvalue weighted by Gasteiger charge is -2.21. The third-order valence-electron chi connectivity index (χ3n) is 2.87. The molecule has 3 rings (SSSR count). The van der Waals surface area contributed by atoms with Crippen LogP contribution in [0.25, 0.3) is 6.08 Å². The van der Waals surface area contributed by atoms with Gasteiger partial charge in [0.1, 0.15) is 5.70 Å². The van der Waals surface area contributed by atoms with E-state index in [2.05, 4.69) is 4.99 Å². The zero-order chi connectivity index (χ0) is 12.5. The molecule has 0 aliphatic carbocycles. The third-order valence-corrected chi connectivity index (χ3v) is 4.27. The Morgan fingerprint density at radius 3 is 3.00 bits per heavy atom. The average molecular weight is 279 g/mol. The van der Waals surface area contributed by atoms with Gasteiger partial charge < -0.3 is 0 Å². The van der Waals surface area contributed by atoms with E-state index >= 15 is 0 Å². The molecule has 1 saturated heterocycles. The Hall–Kier alpha value is -1.26. The quantitative estimate of drug-likeness (QED) is 0.740. The Bertz CT molecular complexity index is 568. The first-order valence-corrected chi connectivity index (χ1v) is 7.11. The summed E-state index contributed by atoms with van der Waals surface area (Å²) in [6.45, 7) is 0.768. The Kier molecular flexibility index (Phi) is 3.14. The SMILES string of the molecule is O=C1C(=Cc2ccccc2Cl)N=C2SCCCN12. The minimum absolute atomic E-state index is 0.0166. The largest absolute Gasteiger partial charge is 0.286 e. The van der Waals surface area contributed by atoms with Crippen LogP contribution in [0.15, 0.2) is 35.0 Å². The fourth-order valence-electron chi connectivity index (χ4n) is 1.96. The molecule has 5 heteroatoms. The van der Waals surface area contributed by atoms with E-state index in [1.165, 1.54) is 0 Å². The standard InChI is InChI=1S/C13H11ClN2OS/c14-10-5-2-1-4-9(10)8-11-12(17)16-6-3-7-18-13(16)15-11/h1-2,4-5,8H,3,6-7H2. The van der Waals surface area contributed by atoms with Crippen molar-refractivity contribution in [3.05, 3.63) is 40.5 Å². The highest BCUT2D eigenvalue weighted by Crippen LogP contribution is 2.28. The van der Waals surface area contributed by atoms with Crippen LogP contribution in [0.3, 0.4) is 0 Å². The summed E-state index contributed by atoms with van der Waals surface area (Å²) in [5, 5.41) is 1.46. The molecule has 2 aliphatic rings. The van der Waals surface area contributed by atoms with Crippen molar-refractivity contribution in [1.29, 1.82) is 0 Å². The van der Waals surface area contributed by atoms with Crippen LogP contribution in [0, 0.1) is 0 Å². The van der Waals surface area contributed by atoms with Gasteiger partial charge in [0.2, 0.25) is 0 Å². The number of nitrogens with zero attached hydrogens (tertiary/aromatic N) is 2. The van der Waals surface area contributed by atoms with Crippen molar-refractivity contribution in [2.75, 3.05) is 12.3 Å². The van der Waals surface area contributed by atoms with E-state index < -0.39 is 0 Å². The highest BCUT2D eigenvalue weighted by molar-refractivity contribution is 8.13. The van der Waals surface area contributed by atoms with E-state index in [0.29, 0.717) is 10.7 Å². The summed E-state index contributed by atoms with van der Waals surface area (Å²) in [4.78, 5) is 18.3. The zero-order valence-electron chi connectivity index (χ0n) is 9.60. The van der Waals surface area contributed by atoms with Gasteiger partial charge in [-0.3, -0.25) is 9.69 Å². The van der Waals surface area contributed by atoms with Crippen molar-refractivity contribution in [2.24, 2.45) is 4.99 Å². The lowest BCUT2D eigenvalue weighted by molar-refractivity contribution is -0.122. The number of thioether (sulfide) groups is 1. The molecule has 1 aromatic rings. The fourth-order valence-corrected chi connectivity index (χ4v) is 3.10. The monoisotopic (exact) mass is 278 g/mol. The van der Waals surface area contributed by atoms with Gasteiger partial charge >= 0.3 is 0 Å².